The first-order chi connectivity index (χ1) is 10.6. The summed E-state index contributed by atoms with van der Waals surface area (Å²) < 4.78 is 5.15. The Hall–Kier alpha value is -2.96. The largest absolute Gasteiger partial charge is 0.422 e. The molecule has 1 heterocycles. The third-order valence-electron chi connectivity index (χ3n) is 2.73. The second-order valence-corrected chi connectivity index (χ2v) is 4.54. The van der Waals surface area contributed by atoms with Gasteiger partial charge < -0.3 is 16.2 Å². The topological polar surface area (TPSA) is 116 Å². The minimum Gasteiger partial charge on any atom is -0.422 e. The van der Waals surface area contributed by atoms with Crippen LogP contribution in [0.2, 0.25) is 0 Å². The molecule has 0 aliphatic heterocycles. The molecule has 2 rings (SSSR count). The van der Waals surface area contributed by atoms with Gasteiger partial charge >= 0.3 is 5.97 Å². The Balaban J connectivity index is 2.24. The molecule has 4 N–H and O–H groups in total. The molecule has 0 fully saturated rings. The molecule has 0 radical (unpaired) electrons. The highest BCUT2D eigenvalue weighted by atomic mass is 16.5. The zero-order valence-corrected chi connectivity index (χ0v) is 12.2. The fourth-order valence-electron chi connectivity index (χ4n) is 1.66. The second kappa shape index (κ2) is 7.16. The predicted molar refractivity (Wildman–Crippen MR) is 84.2 cm³/mol. The Morgan fingerprint density at radius 1 is 1.18 bits per heavy atom. The number of carbonyl (C=O) groups is 1. The highest BCUT2D eigenvalue weighted by molar-refractivity contribution is 5.76. The molecule has 22 heavy (non-hydrogen) atoms. The monoisotopic (exact) mass is 299 g/mol. The van der Waals surface area contributed by atoms with Crippen molar-refractivity contribution in [3.8, 4) is 5.75 Å². The normalized spacial score (nSPS) is 10.8. The van der Waals surface area contributed by atoms with E-state index in [1.54, 1.807) is 12.1 Å². The average Bonchev–Trinajstić information content (AvgIpc) is 2.50. The molecule has 0 aliphatic carbocycles. The lowest BCUT2D eigenvalue weighted by Crippen LogP contribution is -2.09. The van der Waals surface area contributed by atoms with E-state index in [2.05, 4.69) is 15.2 Å². The number of anilines is 2. The summed E-state index contributed by atoms with van der Waals surface area (Å²) in [6, 6.07) is 10.6. The van der Waals surface area contributed by atoms with Gasteiger partial charge in [-0.1, -0.05) is 25.1 Å². The number of hydrogen-bond donors (Lipinski definition) is 2. The van der Waals surface area contributed by atoms with Crippen LogP contribution in [0.4, 0.5) is 23.0 Å². The van der Waals surface area contributed by atoms with Crippen molar-refractivity contribution in [1.82, 2.24) is 4.98 Å². The summed E-state index contributed by atoms with van der Waals surface area (Å²) in [4.78, 5) is 15.5. The molecule has 0 bridgehead atoms. The number of aromatic nitrogens is 1. The second-order valence-electron chi connectivity index (χ2n) is 4.54. The van der Waals surface area contributed by atoms with Gasteiger partial charge in [-0.15, -0.1) is 5.11 Å². The number of ether oxygens (including phenoxy) is 1. The van der Waals surface area contributed by atoms with Crippen LogP contribution in [0, 0.1) is 0 Å². The Bertz CT molecular complexity index is 686. The highest BCUT2D eigenvalue weighted by Gasteiger charge is 2.12. The molecule has 1 aromatic carbocycles. The lowest BCUT2D eigenvalue weighted by molar-refractivity contribution is -0.134. The molecule has 7 nitrogen and oxygen atoms in total. The number of nitrogen functional groups attached to an aromatic ring is 2. The van der Waals surface area contributed by atoms with Crippen LogP contribution in [0.1, 0.15) is 19.8 Å². The van der Waals surface area contributed by atoms with Crippen LogP contribution >= 0.6 is 0 Å². The van der Waals surface area contributed by atoms with Crippen LogP contribution in [-0.4, -0.2) is 11.0 Å². The summed E-state index contributed by atoms with van der Waals surface area (Å²) in [6.45, 7) is 1.88. The Morgan fingerprint density at radius 3 is 2.59 bits per heavy atom. The summed E-state index contributed by atoms with van der Waals surface area (Å²) in [5.74, 6) is -0.0885. The average molecular weight is 299 g/mol. The Morgan fingerprint density at radius 2 is 1.91 bits per heavy atom. The number of hydrogen-bond acceptors (Lipinski definition) is 7. The molecule has 0 saturated heterocycles. The molecule has 114 valence electrons. The van der Waals surface area contributed by atoms with E-state index in [1.807, 2.05) is 25.1 Å². The highest BCUT2D eigenvalue weighted by Crippen LogP contribution is 2.31. The molecule has 0 unspecified atom stereocenters. The number of nitrogens with zero attached hydrogens (tertiary/aromatic N) is 3. The molecule has 2 aromatic rings. The molecule has 0 spiro atoms. The SMILES string of the molecule is CCCC(=O)Oc1cc(/N=N/c2ccccc2)c(N)nc1N. The molecular weight excluding hydrogens is 282 g/mol. The van der Waals surface area contributed by atoms with E-state index in [1.165, 1.54) is 6.07 Å². The maximum absolute atomic E-state index is 11.5. The molecule has 0 atom stereocenters. The van der Waals surface area contributed by atoms with Gasteiger partial charge in [-0.2, -0.15) is 5.11 Å². The maximum atomic E-state index is 11.5. The number of esters is 1. The van der Waals surface area contributed by atoms with Crippen LogP contribution < -0.4 is 16.2 Å². The smallest absolute Gasteiger partial charge is 0.311 e. The molecular formula is C15H17N5O2. The van der Waals surface area contributed by atoms with Crippen LogP contribution in [0.3, 0.4) is 0 Å². The van der Waals surface area contributed by atoms with Crippen molar-refractivity contribution in [3.05, 3.63) is 36.4 Å². The Kier molecular flexibility index (Phi) is 5.02. The van der Waals surface area contributed by atoms with Crippen LogP contribution in [0.5, 0.6) is 5.75 Å². The fraction of sp³-hybridized carbons (Fsp3) is 0.200. The van der Waals surface area contributed by atoms with E-state index < -0.39 is 0 Å². The quantitative estimate of drug-likeness (QED) is 0.648. The van der Waals surface area contributed by atoms with Crippen molar-refractivity contribution in [2.75, 3.05) is 11.5 Å². The van der Waals surface area contributed by atoms with Crippen molar-refractivity contribution in [3.63, 3.8) is 0 Å². The predicted octanol–water partition coefficient (Wildman–Crippen LogP) is 3.37. The molecule has 1 aromatic heterocycles. The van der Waals surface area contributed by atoms with Gasteiger partial charge in [0.15, 0.2) is 17.4 Å². The van der Waals surface area contributed by atoms with E-state index in [4.69, 9.17) is 16.2 Å². The third-order valence-corrected chi connectivity index (χ3v) is 2.73. The van der Waals surface area contributed by atoms with Gasteiger partial charge in [0.2, 0.25) is 0 Å². The van der Waals surface area contributed by atoms with Crippen LogP contribution in [0.15, 0.2) is 46.6 Å². The maximum Gasteiger partial charge on any atom is 0.311 e. The summed E-state index contributed by atoms with van der Waals surface area (Å²) in [7, 11) is 0. The lowest BCUT2D eigenvalue weighted by Gasteiger charge is -2.08. The minimum absolute atomic E-state index is 0.0422. The number of rotatable bonds is 5. The molecule has 0 aliphatic rings. The minimum atomic E-state index is -0.383. The number of carbonyl (C=O) groups excluding carboxylic acids is 1. The van der Waals surface area contributed by atoms with E-state index in [-0.39, 0.29) is 29.0 Å². The standard InChI is InChI=1S/C15H17N5O2/c1-2-6-13(21)22-12-9-11(14(16)18-15(12)17)20-19-10-7-4-3-5-8-10/h3-5,7-9H,2,6H2,1H3,(H4,16,17,18)/b20-19+. The summed E-state index contributed by atoms with van der Waals surface area (Å²) >= 11 is 0. The first kappa shape index (κ1) is 15.4. The zero-order chi connectivity index (χ0) is 15.9. The lowest BCUT2D eigenvalue weighted by atomic mass is 10.3. The molecule has 0 saturated carbocycles. The molecule has 0 amide bonds. The molecule has 7 heteroatoms. The zero-order valence-electron chi connectivity index (χ0n) is 12.2. The van der Waals surface area contributed by atoms with Crippen molar-refractivity contribution in [1.29, 1.82) is 0 Å². The van der Waals surface area contributed by atoms with E-state index in [0.717, 1.165) is 0 Å². The van der Waals surface area contributed by atoms with Gasteiger partial charge in [-0.25, -0.2) is 4.98 Å². The first-order valence-corrected chi connectivity index (χ1v) is 6.83. The first-order valence-electron chi connectivity index (χ1n) is 6.83. The summed E-state index contributed by atoms with van der Waals surface area (Å²) in [6.07, 6.45) is 0.979. The number of nitrogens with two attached hydrogens (primary N) is 2. The Labute approximate surface area is 128 Å². The third kappa shape index (κ3) is 4.02. The van der Waals surface area contributed by atoms with Crippen LogP contribution in [-0.2, 0) is 4.79 Å². The number of benzene rings is 1. The summed E-state index contributed by atoms with van der Waals surface area (Å²) in [5, 5.41) is 8.07. The number of azo groups is 1. The van der Waals surface area contributed by atoms with Crippen molar-refractivity contribution in [2.45, 2.75) is 19.8 Å². The van der Waals surface area contributed by atoms with Crippen LogP contribution in [0.25, 0.3) is 0 Å². The van der Waals surface area contributed by atoms with E-state index >= 15 is 0 Å². The van der Waals surface area contributed by atoms with Gasteiger partial charge in [0.25, 0.3) is 0 Å². The van der Waals surface area contributed by atoms with Crippen molar-refractivity contribution >= 4 is 29.0 Å². The van der Waals surface area contributed by atoms with Gasteiger partial charge in [0.05, 0.1) is 5.69 Å². The fourth-order valence-corrected chi connectivity index (χ4v) is 1.66. The van der Waals surface area contributed by atoms with Crippen molar-refractivity contribution < 1.29 is 9.53 Å². The number of pyridine rings is 1. The van der Waals surface area contributed by atoms with E-state index in [9.17, 15) is 4.79 Å². The van der Waals surface area contributed by atoms with Gasteiger partial charge in [0, 0.05) is 12.5 Å². The van der Waals surface area contributed by atoms with E-state index in [0.29, 0.717) is 18.5 Å². The van der Waals surface area contributed by atoms with Gasteiger partial charge in [-0.05, 0) is 18.6 Å². The van der Waals surface area contributed by atoms with Crippen molar-refractivity contribution in [2.24, 2.45) is 10.2 Å². The van der Waals surface area contributed by atoms with Gasteiger partial charge in [-0.3, -0.25) is 4.79 Å². The summed E-state index contributed by atoms with van der Waals surface area (Å²) in [5.41, 5.74) is 12.4. The van der Waals surface area contributed by atoms with Gasteiger partial charge in [0.1, 0.15) is 5.69 Å².